The number of hydrogen-bond donors (Lipinski definition) is 0. The van der Waals surface area contributed by atoms with Crippen molar-refractivity contribution in [3.8, 4) is 0 Å². The van der Waals surface area contributed by atoms with Crippen molar-refractivity contribution in [2.45, 2.75) is 38.7 Å². The lowest BCUT2D eigenvalue weighted by Gasteiger charge is -2.53. The van der Waals surface area contributed by atoms with Gasteiger partial charge >= 0.3 is 0 Å². The van der Waals surface area contributed by atoms with Gasteiger partial charge in [0.15, 0.2) is 0 Å². The van der Waals surface area contributed by atoms with Crippen LogP contribution in [0.4, 0.5) is 0 Å². The van der Waals surface area contributed by atoms with Gasteiger partial charge in [-0.1, -0.05) is 0 Å². The highest BCUT2D eigenvalue weighted by molar-refractivity contribution is 5.95. The number of carbonyl (C=O) groups is 1. The van der Waals surface area contributed by atoms with E-state index in [-0.39, 0.29) is 11.3 Å². The lowest BCUT2D eigenvalue weighted by atomic mass is 9.60. The van der Waals surface area contributed by atoms with E-state index >= 15 is 0 Å². The Morgan fingerprint density at radius 1 is 1.35 bits per heavy atom. The number of aromatic nitrogens is 1. The summed E-state index contributed by atoms with van der Waals surface area (Å²) in [5, 5.41) is 0. The van der Waals surface area contributed by atoms with Crippen LogP contribution in [0.15, 0.2) is 18.5 Å². The monoisotopic (exact) mass is 318 g/mol. The van der Waals surface area contributed by atoms with E-state index in [1.54, 1.807) is 19.5 Å². The number of amides is 1. The molecule has 1 aromatic rings. The number of methoxy groups -OCH3 is 1. The summed E-state index contributed by atoms with van der Waals surface area (Å²) in [6.07, 6.45) is 8.19. The Hall–Kier alpha value is -1.46. The highest BCUT2D eigenvalue weighted by Crippen LogP contribution is 2.50. The molecule has 0 radical (unpaired) electrons. The van der Waals surface area contributed by atoms with Gasteiger partial charge in [-0.25, -0.2) is 0 Å². The van der Waals surface area contributed by atoms with Crippen molar-refractivity contribution >= 4 is 5.91 Å². The lowest BCUT2D eigenvalue weighted by Crippen LogP contribution is -2.54. The van der Waals surface area contributed by atoms with E-state index in [1.165, 1.54) is 6.42 Å². The van der Waals surface area contributed by atoms with Crippen molar-refractivity contribution in [1.82, 2.24) is 9.88 Å². The molecule has 126 valence electrons. The third-order valence-corrected chi connectivity index (χ3v) is 5.51. The molecule has 5 nitrogen and oxygen atoms in total. The van der Waals surface area contributed by atoms with Crippen LogP contribution in [0.25, 0.3) is 0 Å². The Morgan fingerprint density at radius 3 is 2.74 bits per heavy atom. The van der Waals surface area contributed by atoms with Crippen molar-refractivity contribution < 1.29 is 14.3 Å². The first-order chi connectivity index (χ1) is 11.2. The van der Waals surface area contributed by atoms with E-state index in [4.69, 9.17) is 9.47 Å². The summed E-state index contributed by atoms with van der Waals surface area (Å²) in [6.45, 7) is 4.92. The van der Waals surface area contributed by atoms with Crippen molar-refractivity contribution in [1.29, 1.82) is 0 Å². The first-order valence-electron chi connectivity index (χ1n) is 8.47. The summed E-state index contributed by atoms with van der Waals surface area (Å²) in [6, 6.07) is 1.89. The van der Waals surface area contributed by atoms with E-state index in [2.05, 4.69) is 4.98 Å². The number of pyridine rings is 1. The van der Waals surface area contributed by atoms with Crippen molar-refractivity contribution in [3.05, 3.63) is 29.6 Å². The van der Waals surface area contributed by atoms with Gasteiger partial charge in [0.25, 0.3) is 5.91 Å². The highest BCUT2D eigenvalue weighted by atomic mass is 16.5. The number of ether oxygens (including phenoxy) is 2. The van der Waals surface area contributed by atoms with E-state index in [0.29, 0.717) is 19.3 Å². The summed E-state index contributed by atoms with van der Waals surface area (Å²) in [5.41, 5.74) is 2.01. The number of nitrogens with zero attached hydrogens (tertiary/aromatic N) is 2. The van der Waals surface area contributed by atoms with Crippen LogP contribution in [0.3, 0.4) is 0 Å². The average Bonchev–Trinajstić information content (AvgIpc) is 2.58. The minimum atomic E-state index is 0.113. The normalized spacial score (nSPS) is 22.9. The van der Waals surface area contributed by atoms with Gasteiger partial charge in [-0.05, 0) is 44.2 Å². The van der Waals surface area contributed by atoms with Crippen LogP contribution in [0, 0.1) is 12.3 Å². The minimum absolute atomic E-state index is 0.113. The SMILES string of the molecule is COCCOC1CCC12CCN(C(=O)c1cnccc1C)CC2. The molecule has 23 heavy (non-hydrogen) atoms. The van der Waals surface area contributed by atoms with Crippen molar-refractivity contribution in [2.24, 2.45) is 5.41 Å². The number of likely N-dealkylation sites (tertiary alicyclic amines) is 1. The predicted molar refractivity (Wildman–Crippen MR) is 87.4 cm³/mol. The van der Waals surface area contributed by atoms with Crippen LogP contribution in [0.1, 0.15) is 41.6 Å². The first-order valence-corrected chi connectivity index (χ1v) is 8.47. The fourth-order valence-electron chi connectivity index (χ4n) is 3.79. The Labute approximate surface area is 138 Å². The molecular weight excluding hydrogens is 292 g/mol. The number of rotatable bonds is 5. The van der Waals surface area contributed by atoms with Crippen LogP contribution in [-0.4, -0.2) is 55.3 Å². The van der Waals surface area contributed by atoms with Crippen molar-refractivity contribution in [2.75, 3.05) is 33.4 Å². The van der Waals surface area contributed by atoms with Gasteiger partial charge < -0.3 is 14.4 Å². The third-order valence-electron chi connectivity index (χ3n) is 5.51. The Balaban J connectivity index is 1.56. The van der Waals surface area contributed by atoms with Crippen molar-refractivity contribution in [3.63, 3.8) is 0 Å². The Morgan fingerprint density at radius 2 is 2.13 bits per heavy atom. The summed E-state index contributed by atoms with van der Waals surface area (Å²) in [5.74, 6) is 0.113. The molecule has 1 spiro atoms. The number of hydrogen-bond acceptors (Lipinski definition) is 4. The second kappa shape index (κ2) is 6.97. The number of aryl methyl sites for hydroxylation is 1. The zero-order valence-electron chi connectivity index (χ0n) is 14.1. The molecule has 2 aliphatic rings. The van der Waals surface area contributed by atoms with E-state index in [0.717, 1.165) is 43.5 Å². The predicted octanol–water partition coefficient (Wildman–Crippen LogP) is 2.44. The minimum Gasteiger partial charge on any atom is -0.382 e. The van der Waals surface area contributed by atoms with Gasteiger partial charge in [-0.3, -0.25) is 9.78 Å². The third kappa shape index (κ3) is 3.26. The molecule has 1 saturated carbocycles. The second-order valence-electron chi connectivity index (χ2n) is 6.74. The zero-order valence-corrected chi connectivity index (χ0v) is 14.1. The number of piperidine rings is 1. The first kappa shape index (κ1) is 16.4. The van der Waals surface area contributed by atoms with Crippen LogP contribution < -0.4 is 0 Å². The lowest BCUT2D eigenvalue weighted by molar-refractivity contribution is -0.139. The van der Waals surface area contributed by atoms with Gasteiger partial charge in [0.2, 0.25) is 0 Å². The maximum absolute atomic E-state index is 12.7. The molecule has 1 aliphatic carbocycles. The molecule has 0 N–H and O–H groups in total. The number of carbonyl (C=O) groups excluding carboxylic acids is 1. The van der Waals surface area contributed by atoms with Gasteiger partial charge in [-0.2, -0.15) is 0 Å². The van der Waals surface area contributed by atoms with Gasteiger partial charge in [0, 0.05) is 38.0 Å². The standard InChI is InChI=1S/C18H26N2O3/c1-14-4-8-19-13-15(14)17(21)20-9-6-18(7-10-20)5-3-16(18)23-12-11-22-2/h4,8,13,16H,3,5-7,9-12H2,1-2H3. The Kier molecular flexibility index (Phi) is 4.97. The van der Waals surface area contributed by atoms with Crippen LogP contribution >= 0.6 is 0 Å². The molecular formula is C18H26N2O3. The molecule has 0 aromatic carbocycles. The quantitative estimate of drug-likeness (QED) is 0.783. The molecule has 1 atom stereocenters. The molecule has 1 aromatic heterocycles. The van der Waals surface area contributed by atoms with E-state index in [9.17, 15) is 4.79 Å². The highest BCUT2D eigenvalue weighted by Gasteiger charge is 2.49. The second-order valence-corrected chi connectivity index (χ2v) is 6.74. The molecule has 2 fully saturated rings. The fourth-order valence-corrected chi connectivity index (χ4v) is 3.79. The molecule has 1 unspecified atom stereocenters. The summed E-state index contributed by atoms with van der Waals surface area (Å²) < 4.78 is 11.0. The summed E-state index contributed by atoms with van der Waals surface area (Å²) in [4.78, 5) is 18.7. The topological polar surface area (TPSA) is 51.7 Å². The zero-order chi connectivity index (χ0) is 16.3. The van der Waals surface area contributed by atoms with Crippen LogP contribution in [-0.2, 0) is 9.47 Å². The molecule has 1 aliphatic heterocycles. The van der Waals surface area contributed by atoms with Gasteiger partial charge in [-0.15, -0.1) is 0 Å². The molecule has 1 saturated heterocycles. The molecule has 0 bridgehead atoms. The van der Waals surface area contributed by atoms with Gasteiger partial charge in [0.1, 0.15) is 0 Å². The largest absolute Gasteiger partial charge is 0.382 e. The maximum Gasteiger partial charge on any atom is 0.255 e. The maximum atomic E-state index is 12.7. The molecule has 2 heterocycles. The van der Waals surface area contributed by atoms with Crippen LogP contribution in [0.5, 0.6) is 0 Å². The molecule has 3 rings (SSSR count). The smallest absolute Gasteiger partial charge is 0.255 e. The van der Waals surface area contributed by atoms with E-state index in [1.807, 2.05) is 17.9 Å². The molecule has 5 heteroatoms. The molecule has 1 amide bonds. The average molecular weight is 318 g/mol. The van der Waals surface area contributed by atoms with E-state index < -0.39 is 0 Å². The van der Waals surface area contributed by atoms with Gasteiger partial charge in [0.05, 0.1) is 24.9 Å². The fraction of sp³-hybridized carbons (Fsp3) is 0.667. The Bertz CT molecular complexity index is 553. The summed E-state index contributed by atoms with van der Waals surface area (Å²) in [7, 11) is 1.70. The van der Waals surface area contributed by atoms with Crippen LogP contribution in [0.2, 0.25) is 0 Å². The summed E-state index contributed by atoms with van der Waals surface area (Å²) >= 11 is 0.